The largest absolute Gasteiger partial charge is 0.465 e. The third kappa shape index (κ3) is 1.91. The number of rotatable bonds is 1. The van der Waals surface area contributed by atoms with Gasteiger partial charge < -0.3 is 14.7 Å². The summed E-state index contributed by atoms with van der Waals surface area (Å²) in [6.45, 7) is 2.41. The Hall–Kier alpha value is -1.26. The summed E-state index contributed by atoms with van der Waals surface area (Å²) in [7, 11) is 0. The van der Waals surface area contributed by atoms with Crippen molar-refractivity contribution in [3.8, 4) is 0 Å². The standard InChI is InChI=1S/C10H15NO4/c1-6(12)15-9-7-2-3-8(9)5-11(4-7)10(13)14/h7-9H,2-5H2,1H3,(H,13,14). The molecule has 1 N–H and O–H groups in total. The minimum absolute atomic E-state index is 0.0573. The molecule has 0 spiro atoms. The third-order valence-electron chi connectivity index (χ3n) is 3.32. The molecule has 2 rings (SSSR count). The van der Waals surface area contributed by atoms with Crippen molar-refractivity contribution in [3.63, 3.8) is 0 Å². The molecule has 0 aromatic heterocycles. The molecule has 0 aromatic carbocycles. The molecule has 2 aliphatic rings. The van der Waals surface area contributed by atoms with Crippen LogP contribution in [0.15, 0.2) is 0 Å². The van der Waals surface area contributed by atoms with E-state index in [2.05, 4.69) is 0 Å². The van der Waals surface area contributed by atoms with E-state index in [0.29, 0.717) is 13.1 Å². The molecule has 0 aromatic rings. The van der Waals surface area contributed by atoms with Gasteiger partial charge in [-0.2, -0.15) is 0 Å². The van der Waals surface area contributed by atoms with Crippen molar-refractivity contribution < 1.29 is 19.4 Å². The molecule has 1 saturated heterocycles. The molecule has 2 bridgehead atoms. The fourth-order valence-electron chi connectivity index (χ4n) is 2.71. The summed E-state index contributed by atoms with van der Waals surface area (Å²) in [4.78, 5) is 23.1. The molecule has 5 nitrogen and oxygen atoms in total. The number of fused-ring (bicyclic) bond motifs is 2. The summed E-state index contributed by atoms with van der Waals surface area (Å²) in [5.74, 6) is 0.133. The van der Waals surface area contributed by atoms with E-state index >= 15 is 0 Å². The van der Waals surface area contributed by atoms with Crippen LogP contribution in [0.3, 0.4) is 0 Å². The van der Waals surface area contributed by atoms with E-state index in [1.165, 1.54) is 11.8 Å². The minimum Gasteiger partial charge on any atom is -0.465 e. The highest BCUT2D eigenvalue weighted by molar-refractivity contribution is 5.67. The molecule has 1 amide bonds. The van der Waals surface area contributed by atoms with Gasteiger partial charge in [0.05, 0.1) is 0 Å². The number of hydrogen-bond donors (Lipinski definition) is 1. The van der Waals surface area contributed by atoms with Gasteiger partial charge in [-0.1, -0.05) is 0 Å². The predicted octanol–water partition coefficient (Wildman–Crippen LogP) is 0.938. The number of ether oxygens (including phenoxy) is 1. The Bertz CT molecular complexity index is 277. The van der Waals surface area contributed by atoms with Gasteiger partial charge in [0.1, 0.15) is 6.10 Å². The van der Waals surface area contributed by atoms with Gasteiger partial charge >= 0.3 is 12.1 Å². The molecule has 1 saturated carbocycles. The summed E-state index contributed by atoms with van der Waals surface area (Å²) in [6, 6.07) is 0. The van der Waals surface area contributed by atoms with Crippen LogP contribution < -0.4 is 0 Å². The van der Waals surface area contributed by atoms with Gasteiger partial charge in [0.25, 0.3) is 0 Å². The molecule has 2 atom stereocenters. The molecular weight excluding hydrogens is 198 g/mol. The van der Waals surface area contributed by atoms with Crippen LogP contribution >= 0.6 is 0 Å². The van der Waals surface area contributed by atoms with E-state index in [1.807, 2.05) is 0 Å². The van der Waals surface area contributed by atoms with Gasteiger partial charge in [0, 0.05) is 31.8 Å². The number of esters is 1. The second-order valence-electron chi connectivity index (χ2n) is 4.36. The summed E-state index contributed by atoms with van der Waals surface area (Å²) < 4.78 is 5.25. The second kappa shape index (κ2) is 3.72. The number of hydrogen-bond acceptors (Lipinski definition) is 3. The zero-order chi connectivity index (χ0) is 11.0. The van der Waals surface area contributed by atoms with Crippen LogP contribution in [-0.2, 0) is 9.53 Å². The molecule has 2 fully saturated rings. The number of nitrogens with zero attached hydrogens (tertiary/aromatic N) is 1. The number of carbonyl (C=O) groups excluding carboxylic acids is 1. The average Bonchev–Trinajstić information content (AvgIpc) is 2.40. The zero-order valence-corrected chi connectivity index (χ0v) is 8.68. The summed E-state index contributed by atoms with van der Waals surface area (Å²) in [5, 5.41) is 8.89. The van der Waals surface area contributed by atoms with Gasteiger partial charge in [-0.25, -0.2) is 4.79 Å². The van der Waals surface area contributed by atoms with Crippen LogP contribution in [-0.4, -0.2) is 41.3 Å². The average molecular weight is 213 g/mol. The molecule has 1 heterocycles. The first-order chi connectivity index (χ1) is 7.08. The Kier molecular flexibility index (Phi) is 2.54. The molecule has 15 heavy (non-hydrogen) atoms. The van der Waals surface area contributed by atoms with Crippen molar-refractivity contribution in [2.45, 2.75) is 25.9 Å². The second-order valence-corrected chi connectivity index (χ2v) is 4.36. The molecule has 1 aliphatic carbocycles. The Morgan fingerprint density at radius 2 is 1.80 bits per heavy atom. The SMILES string of the molecule is CC(=O)OC1C2CCC1CN(C(=O)O)C2. The molecule has 5 heteroatoms. The summed E-state index contributed by atoms with van der Waals surface area (Å²) >= 11 is 0. The fourth-order valence-corrected chi connectivity index (χ4v) is 2.71. The lowest BCUT2D eigenvalue weighted by atomic mass is 9.95. The number of carboxylic acid groups (broad SMARTS) is 1. The number of amides is 1. The summed E-state index contributed by atoms with van der Waals surface area (Å²) in [6.07, 6.45) is 1.00. The van der Waals surface area contributed by atoms with Crippen molar-refractivity contribution in [2.75, 3.05) is 13.1 Å². The monoisotopic (exact) mass is 213 g/mol. The number of carbonyl (C=O) groups is 2. The number of likely N-dealkylation sites (tertiary alicyclic amines) is 1. The van der Waals surface area contributed by atoms with Crippen molar-refractivity contribution in [2.24, 2.45) is 11.8 Å². The molecule has 84 valence electrons. The first-order valence-electron chi connectivity index (χ1n) is 5.23. The lowest BCUT2D eigenvalue weighted by Gasteiger charge is -2.35. The molecule has 0 radical (unpaired) electrons. The molecular formula is C10H15NO4. The Balaban J connectivity index is 2.03. The lowest BCUT2D eigenvalue weighted by Crippen LogP contribution is -2.48. The van der Waals surface area contributed by atoms with Crippen LogP contribution in [0.1, 0.15) is 19.8 Å². The highest BCUT2D eigenvalue weighted by atomic mass is 16.5. The van der Waals surface area contributed by atoms with Gasteiger partial charge in [0.2, 0.25) is 0 Å². The number of piperidine rings is 1. The summed E-state index contributed by atoms with van der Waals surface area (Å²) in [5.41, 5.74) is 0. The molecule has 1 aliphatic heterocycles. The Labute approximate surface area is 88.0 Å². The van der Waals surface area contributed by atoms with Crippen LogP contribution in [0.5, 0.6) is 0 Å². The lowest BCUT2D eigenvalue weighted by molar-refractivity contribution is -0.152. The van der Waals surface area contributed by atoms with Crippen molar-refractivity contribution in [1.82, 2.24) is 4.90 Å². The van der Waals surface area contributed by atoms with Crippen LogP contribution in [0.2, 0.25) is 0 Å². The molecule has 2 unspecified atom stereocenters. The third-order valence-corrected chi connectivity index (χ3v) is 3.32. The van der Waals surface area contributed by atoms with Gasteiger partial charge in [-0.05, 0) is 12.8 Å². The van der Waals surface area contributed by atoms with Crippen LogP contribution in [0.4, 0.5) is 4.79 Å². The maximum atomic E-state index is 10.9. The van der Waals surface area contributed by atoms with Gasteiger partial charge in [-0.15, -0.1) is 0 Å². The van der Waals surface area contributed by atoms with Crippen molar-refractivity contribution >= 4 is 12.1 Å². The van der Waals surface area contributed by atoms with Crippen LogP contribution in [0, 0.1) is 11.8 Å². The quantitative estimate of drug-likeness (QED) is 0.658. The first-order valence-corrected chi connectivity index (χ1v) is 5.23. The maximum Gasteiger partial charge on any atom is 0.407 e. The van der Waals surface area contributed by atoms with Gasteiger partial charge in [0.15, 0.2) is 0 Å². The normalized spacial score (nSPS) is 33.9. The van der Waals surface area contributed by atoms with Gasteiger partial charge in [-0.3, -0.25) is 4.79 Å². The fraction of sp³-hybridized carbons (Fsp3) is 0.800. The van der Waals surface area contributed by atoms with E-state index in [4.69, 9.17) is 9.84 Å². The smallest absolute Gasteiger partial charge is 0.407 e. The topological polar surface area (TPSA) is 66.8 Å². The van der Waals surface area contributed by atoms with E-state index < -0.39 is 6.09 Å². The van der Waals surface area contributed by atoms with E-state index in [1.54, 1.807) is 0 Å². The van der Waals surface area contributed by atoms with E-state index in [0.717, 1.165) is 12.8 Å². The minimum atomic E-state index is -0.867. The van der Waals surface area contributed by atoms with E-state index in [-0.39, 0.29) is 23.9 Å². The zero-order valence-electron chi connectivity index (χ0n) is 8.68. The van der Waals surface area contributed by atoms with Crippen molar-refractivity contribution in [1.29, 1.82) is 0 Å². The van der Waals surface area contributed by atoms with Crippen LogP contribution in [0.25, 0.3) is 0 Å². The highest BCUT2D eigenvalue weighted by Crippen LogP contribution is 2.38. The Morgan fingerprint density at radius 1 is 1.27 bits per heavy atom. The van der Waals surface area contributed by atoms with Crippen molar-refractivity contribution in [3.05, 3.63) is 0 Å². The Morgan fingerprint density at radius 3 is 2.20 bits per heavy atom. The highest BCUT2D eigenvalue weighted by Gasteiger charge is 2.45. The first kappa shape index (κ1) is 10.3. The predicted molar refractivity (Wildman–Crippen MR) is 51.4 cm³/mol. The maximum absolute atomic E-state index is 10.9. The van der Waals surface area contributed by atoms with E-state index in [9.17, 15) is 9.59 Å².